The van der Waals surface area contributed by atoms with E-state index in [-0.39, 0.29) is 6.42 Å². The summed E-state index contributed by atoms with van der Waals surface area (Å²) in [6, 6.07) is 0. The van der Waals surface area contributed by atoms with Gasteiger partial charge in [-0.2, -0.15) is 0 Å². The first-order valence-corrected chi connectivity index (χ1v) is 10.2. The zero-order chi connectivity index (χ0) is 21.2. The first kappa shape index (κ1) is 24.2. The Morgan fingerprint density at radius 1 is 1.36 bits per heavy atom. The number of carbonyl (C=O) groups is 1. The minimum atomic E-state index is -4.93. The second-order valence-corrected chi connectivity index (χ2v) is 7.57. The Morgan fingerprint density at radius 3 is 2.64 bits per heavy atom. The van der Waals surface area contributed by atoms with Crippen molar-refractivity contribution in [3.05, 3.63) is 60.8 Å². The van der Waals surface area contributed by atoms with Gasteiger partial charge in [0.15, 0.2) is 0 Å². The van der Waals surface area contributed by atoms with Crippen LogP contribution < -0.4 is 0 Å². The van der Waals surface area contributed by atoms with E-state index in [9.17, 15) is 19.6 Å². The van der Waals surface area contributed by atoms with Crippen molar-refractivity contribution in [3.63, 3.8) is 0 Å². The second-order valence-electron chi connectivity index (χ2n) is 6.38. The van der Waals surface area contributed by atoms with E-state index < -0.39 is 37.7 Å². The number of rotatable bonds is 10. The van der Waals surface area contributed by atoms with Gasteiger partial charge in [-0.05, 0) is 19.9 Å². The van der Waals surface area contributed by atoms with Crippen molar-refractivity contribution >= 4 is 13.8 Å². The molecule has 1 aliphatic rings. The molecular weight excluding hydrogens is 387 g/mol. The highest BCUT2D eigenvalue weighted by atomic mass is 31.2. The van der Waals surface area contributed by atoms with Gasteiger partial charge in [-0.1, -0.05) is 48.6 Å². The maximum Gasteiger partial charge on any atom is 0.469 e. The van der Waals surface area contributed by atoms with Gasteiger partial charge in [0, 0.05) is 18.9 Å². The van der Waals surface area contributed by atoms with Crippen LogP contribution in [-0.2, 0) is 18.6 Å². The van der Waals surface area contributed by atoms with Crippen LogP contribution in [0.2, 0.25) is 0 Å². The average Bonchev–Trinajstić information content (AvgIpc) is 2.58. The first-order valence-electron chi connectivity index (χ1n) is 8.70. The Labute approximate surface area is 164 Å². The molecule has 4 atom stereocenters. The number of phosphoric ester groups is 1. The van der Waals surface area contributed by atoms with Crippen LogP contribution in [0, 0.1) is 0 Å². The molecule has 0 saturated heterocycles. The summed E-state index contributed by atoms with van der Waals surface area (Å²) >= 11 is 0. The lowest BCUT2D eigenvalue weighted by atomic mass is 9.93. The second kappa shape index (κ2) is 11.3. The van der Waals surface area contributed by atoms with E-state index in [4.69, 9.17) is 19.0 Å². The van der Waals surface area contributed by atoms with Crippen LogP contribution in [-0.4, -0.2) is 49.9 Å². The van der Waals surface area contributed by atoms with Gasteiger partial charge in [0.2, 0.25) is 0 Å². The molecule has 4 N–H and O–H groups in total. The van der Waals surface area contributed by atoms with Crippen molar-refractivity contribution in [1.82, 2.24) is 0 Å². The van der Waals surface area contributed by atoms with Crippen LogP contribution in [0.15, 0.2) is 60.8 Å². The van der Waals surface area contributed by atoms with Gasteiger partial charge < -0.3 is 24.7 Å². The third-order valence-corrected chi connectivity index (χ3v) is 4.30. The molecule has 1 rings (SSSR count). The Morgan fingerprint density at radius 2 is 2.04 bits per heavy atom. The maximum absolute atomic E-state index is 11.3. The predicted octanol–water partition coefficient (Wildman–Crippen LogP) is 2.08. The first-order chi connectivity index (χ1) is 13.0. The molecule has 8 nitrogen and oxygen atoms in total. The lowest BCUT2D eigenvalue weighted by molar-refractivity contribution is -0.141. The SMILES string of the molecule is C/C=C/C=C\C=C/C(O)CC(OP(=O)(O)O)C(C)(O)/C=C/C1CC=CC(=O)O1. The number of carbonyl (C=O) groups excluding carboxylic acids is 1. The van der Waals surface area contributed by atoms with Gasteiger partial charge in [0.25, 0.3) is 0 Å². The zero-order valence-corrected chi connectivity index (χ0v) is 16.7. The number of aliphatic hydroxyl groups excluding tert-OH is 1. The van der Waals surface area contributed by atoms with Gasteiger partial charge in [-0.25, -0.2) is 9.36 Å². The highest BCUT2D eigenvalue weighted by Gasteiger charge is 2.37. The molecule has 0 aromatic heterocycles. The summed E-state index contributed by atoms with van der Waals surface area (Å²) in [5, 5.41) is 20.8. The highest BCUT2D eigenvalue weighted by molar-refractivity contribution is 7.46. The summed E-state index contributed by atoms with van der Waals surface area (Å²) < 4.78 is 21.0. The van der Waals surface area contributed by atoms with Gasteiger partial charge >= 0.3 is 13.8 Å². The lowest BCUT2D eigenvalue weighted by Crippen LogP contribution is -2.41. The van der Waals surface area contributed by atoms with Crippen molar-refractivity contribution in [2.75, 3.05) is 0 Å². The Kier molecular flexibility index (Phi) is 9.75. The molecule has 9 heteroatoms. The largest absolute Gasteiger partial charge is 0.469 e. The van der Waals surface area contributed by atoms with Crippen molar-refractivity contribution in [1.29, 1.82) is 0 Å². The summed E-state index contributed by atoms with van der Waals surface area (Å²) in [4.78, 5) is 29.5. The number of allylic oxidation sites excluding steroid dienone is 5. The fraction of sp³-hybridized carbons (Fsp3) is 0.421. The van der Waals surface area contributed by atoms with Gasteiger partial charge in [0.1, 0.15) is 17.8 Å². The van der Waals surface area contributed by atoms with Crippen molar-refractivity contribution < 1.29 is 38.6 Å². The Balaban J connectivity index is 2.87. The molecule has 0 radical (unpaired) electrons. The number of hydrogen-bond acceptors (Lipinski definition) is 6. The minimum Gasteiger partial charge on any atom is -0.455 e. The molecule has 1 heterocycles. The third-order valence-electron chi connectivity index (χ3n) is 3.77. The van der Waals surface area contributed by atoms with Gasteiger partial charge in [-0.3, -0.25) is 4.52 Å². The molecule has 0 saturated carbocycles. The molecule has 0 fully saturated rings. The Bertz CT molecular complexity index is 699. The van der Waals surface area contributed by atoms with Crippen molar-refractivity contribution in [3.8, 4) is 0 Å². The summed E-state index contributed by atoms with van der Waals surface area (Å²) in [6.07, 6.45) is 12.6. The van der Waals surface area contributed by atoms with Crippen LogP contribution in [0.3, 0.4) is 0 Å². The number of cyclic esters (lactones) is 1. The van der Waals surface area contributed by atoms with E-state index in [0.717, 1.165) is 0 Å². The molecule has 0 aliphatic carbocycles. The maximum atomic E-state index is 11.3. The van der Waals surface area contributed by atoms with Crippen molar-refractivity contribution in [2.45, 2.75) is 50.6 Å². The normalized spacial score (nSPS) is 22.9. The van der Waals surface area contributed by atoms with Crippen LogP contribution in [0.25, 0.3) is 0 Å². The van der Waals surface area contributed by atoms with Crippen LogP contribution in [0.4, 0.5) is 0 Å². The third kappa shape index (κ3) is 9.94. The summed E-state index contributed by atoms with van der Waals surface area (Å²) in [5.74, 6) is -0.518. The lowest BCUT2D eigenvalue weighted by Gasteiger charge is -2.31. The van der Waals surface area contributed by atoms with Crippen LogP contribution >= 0.6 is 7.82 Å². The molecule has 0 aromatic rings. The van der Waals surface area contributed by atoms with E-state index >= 15 is 0 Å². The minimum absolute atomic E-state index is 0.277. The van der Waals surface area contributed by atoms with Gasteiger partial charge in [0.05, 0.1) is 6.10 Å². The predicted molar refractivity (Wildman–Crippen MR) is 104 cm³/mol. The average molecular weight is 414 g/mol. The molecule has 0 bridgehead atoms. The zero-order valence-electron chi connectivity index (χ0n) is 15.8. The fourth-order valence-electron chi connectivity index (χ4n) is 2.35. The highest BCUT2D eigenvalue weighted by Crippen LogP contribution is 2.41. The monoisotopic (exact) mass is 414 g/mol. The molecule has 0 aromatic carbocycles. The quantitative estimate of drug-likeness (QED) is 0.185. The standard InChI is InChI=1S/C19H27O8P/c1-3-4-5-6-7-9-15(20)14-17(27-28(23,24)25)19(2,22)13-12-16-10-8-11-18(21)26-16/h3-9,11-13,15-17,20,22H,10,14H2,1-2H3,(H2,23,24,25)/b4-3+,6-5-,9-7-,13-12+. The Hall–Kier alpha value is -1.80. The smallest absolute Gasteiger partial charge is 0.455 e. The van der Waals surface area contributed by atoms with Crippen LogP contribution in [0.5, 0.6) is 0 Å². The molecule has 28 heavy (non-hydrogen) atoms. The van der Waals surface area contributed by atoms with Crippen LogP contribution in [0.1, 0.15) is 26.7 Å². The number of aliphatic hydroxyl groups is 2. The molecule has 156 valence electrons. The van der Waals surface area contributed by atoms with Crippen molar-refractivity contribution in [2.24, 2.45) is 0 Å². The number of ether oxygens (including phenoxy) is 1. The molecule has 0 spiro atoms. The molecule has 1 aliphatic heterocycles. The number of hydrogen-bond donors (Lipinski definition) is 4. The van der Waals surface area contributed by atoms with E-state index in [1.165, 1.54) is 31.2 Å². The molecular formula is C19H27O8P. The summed E-state index contributed by atoms with van der Waals surface area (Å²) in [6.45, 7) is 3.14. The van der Waals surface area contributed by atoms with E-state index in [2.05, 4.69) is 0 Å². The van der Waals surface area contributed by atoms with E-state index in [1.807, 2.05) is 13.0 Å². The number of esters is 1. The summed E-state index contributed by atoms with van der Waals surface area (Å²) in [5.41, 5.74) is -1.84. The van der Waals surface area contributed by atoms with Gasteiger partial charge in [-0.15, -0.1) is 0 Å². The molecule has 0 amide bonds. The van der Waals surface area contributed by atoms with E-state index in [0.29, 0.717) is 6.42 Å². The van der Waals surface area contributed by atoms with E-state index in [1.54, 1.807) is 30.4 Å². The fourth-order valence-corrected chi connectivity index (χ4v) is 2.98. The molecule has 4 unspecified atom stereocenters. The number of phosphoric acid groups is 1. The topological polar surface area (TPSA) is 134 Å². The summed E-state index contributed by atoms with van der Waals surface area (Å²) in [7, 11) is -4.93.